The third-order valence-electron chi connectivity index (χ3n) is 6.68. The van der Waals surface area contributed by atoms with Crippen molar-refractivity contribution in [2.75, 3.05) is 32.8 Å². The van der Waals surface area contributed by atoms with Gasteiger partial charge in [-0.05, 0) is 49.1 Å². The second kappa shape index (κ2) is 12.6. The van der Waals surface area contributed by atoms with Crippen LogP contribution in [0.5, 0.6) is 11.5 Å². The number of anilines is 1. The molecule has 0 unspecified atom stereocenters. The summed E-state index contributed by atoms with van der Waals surface area (Å²) in [4.78, 5) is 28.6. The fraction of sp³-hybridized carbons (Fsp3) is 0.500. The molecule has 232 valence electrons. The van der Waals surface area contributed by atoms with Gasteiger partial charge in [0.05, 0.1) is 50.8 Å². The number of amides is 2. The van der Waals surface area contributed by atoms with Crippen LogP contribution in [-0.2, 0) is 28.4 Å². The minimum atomic E-state index is -5.07. The fourth-order valence-electron chi connectivity index (χ4n) is 4.76. The first kappa shape index (κ1) is 32.7. The molecule has 0 saturated carbocycles. The first-order valence-electron chi connectivity index (χ1n) is 12.9. The molecule has 2 atom stereocenters. The smallest absolute Gasteiger partial charge is 0.416 e. The molecule has 1 heterocycles. The second-order valence-electron chi connectivity index (χ2n) is 10.2. The van der Waals surface area contributed by atoms with Crippen molar-refractivity contribution in [1.29, 1.82) is 0 Å². The van der Waals surface area contributed by atoms with Gasteiger partial charge in [0.25, 0.3) is 0 Å². The topological polar surface area (TPSA) is 77.5 Å². The number of benzene rings is 2. The molecule has 3 rings (SSSR count). The number of ether oxygens (including phenoxy) is 4. The molecule has 2 amide bonds. The summed E-state index contributed by atoms with van der Waals surface area (Å²) < 4.78 is 102. The number of carbonyl (C=O) groups excluding carboxylic acids is 2. The van der Waals surface area contributed by atoms with E-state index in [4.69, 9.17) is 18.9 Å². The number of alkyl halides is 6. The maximum Gasteiger partial charge on any atom is 0.416 e. The molecule has 1 aliphatic heterocycles. The van der Waals surface area contributed by atoms with Gasteiger partial charge in [-0.15, -0.1) is 0 Å². The van der Waals surface area contributed by atoms with E-state index < -0.39 is 59.9 Å². The molecule has 0 fully saturated rings. The van der Waals surface area contributed by atoms with Crippen LogP contribution in [0.3, 0.4) is 0 Å². The van der Waals surface area contributed by atoms with E-state index in [0.29, 0.717) is 17.7 Å². The lowest BCUT2D eigenvalue weighted by atomic mass is 9.90. The van der Waals surface area contributed by atoms with Crippen LogP contribution in [0.15, 0.2) is 30.3 Å². The van der Waals surface area contributed by atoms with Gasteiger partial charge in [0.15, 0.2) is 11.5 Å². The zero-order valence-electron chi connectivity index (χ0n) is 23.9. The van der Waals surface area contributed by atoms with E-state index >= 15 is 0 Å². The molecule has 1 aliphatic rings. The van der Waals surface area contributed by atoms with Gasteiger partial charge in [0.1, 0.15) is 0 Å². The molecule has 0 saturated heterocycles. The summed E-state index contributed by atoms with van der Waals surface area (Å²) in [7, 11) is 3.78. The van der Waals surface area contributed by atoms with Gasteiger partial charge in [0.2, 0.25) is 0 Å². The molecule has 14 heteroatoms. The normalized spacial score (nSPS) is 17.0. The van der Waals surface area contributed by atoms with Crippen molar-refractivity contribution in [3.8, 4) is 11.5 Å². The van der Waals surface area contributed by atoms with Crippen molar-refractivity contribution >= 4 is 17.9 Å². The number of hydrogen-bond donors (Lipinski definition) is 0. The van der Waals surface area contributed by atoms with E-state index in [-0.39, 0.29) is 42.2 Å². The summed E-state index contributed by atoms with van der Waals surface area (Å²) in [6.07, 6.45) is -11.8. The molecule has 0 aliphatic carbocycles. The van der Waals surface area contributed by atoms with Crippen LogP contribution in [0, 0.1) is 5.92 Å². The van der Waals surface area contributed by atoms with Gasteiger partial charge in [-0.2, -0.15) is 26.3 Å². The summed E-state index contributed by atoms with van der Waals surface area (Å²) in [6, 6.07) is 2.54. The highest BCUT2D eigenvalue weighted by molar-refractivity contribution is 5.91. The van der Waals surface area contributed by atoms with Crippen LogP contribution in [0.1, 0.15) is 55.5 Å². The Hall–Kier alpha value is -3.84. The van der Waals surface area contributed by atoms with E-state index in [1.54, 1.807) is 6.92 Å². The number of methoxy groups -OCH3 is 3. The van der Waals surface area contributed by atoms with Crippen LogP contribution in [0.25, 0.3) is 0 Å². The average molecular weight is 607 g/mol. The van der Waals surface area contributed by atoms with Crippen LogP contribution in [-0.4, -0.2) is 51.1 Å². The van der Waals surface area contributed by atoms with Crippen LogP contribution in [0.4, 0.5) is 41.6 Å². The largest absolute Gasteiger partial charge is 0.493 e. The summed E-state index contributed by atoms with van der Waals surface area (Å²) in [5.41, 5.74) is -2.86. The predicted octanol–water partition coefficient (Wildman–Crippen LogP) is 7.44. The van der Waals surface area contributed by atoms with E-state index in [1.807, 2.05) is 13.8 Å². The van der Waals surface area contributed by atoms with Crippen molar-refractivity contribution in [3.05, 3.63) is 52.6 Å². The van der Waals surface area contributed by atoms with Crippen molar-refractivity contribution in [1.82, 2.24) is 4.90 Å². The zero-order chi connectivity index (χ0) is 31.6. The van der Waals surface area contributed by atoms with Gasteiger partial charge >= 0.3 is 24.5 Å². The van der Waals surface area contributed by atoms with E-state index in [0.717, 1.165) is 12.0 Å². The highest BCUT2D eigenvalue weighted by atomic mass is 19.4. The standard InChI is InChI=1S/C28H32F6N2O6/c1-15(2)14-42-26(38)36-16(3)7-21(20-11-23(39-4)24(40-5)12-22(20)36)35(25(37)41-6)13-17-8-18(27(29,30)31)10-19(9-17)28(32,33)34/h8-12,15-16,21H,7,13-14H2,1-6H3/t16-,21+/m1/s1. The summed E-state index contributed by atoms with van der Waals surface area (Å²) in [5.74, 6) is 0.494. The van der Waals surface area contributed by atoms with Gasteiger partial charge in [-0.1, -0.05) is 13.8 Å². The summed E-state index contributed by atoms with van der Waals surface area (Å²) >= 11 is 0. The number of hydrogen-bond acceptors (Lipinski definition) is 6. The third kappa shape index (κ3) is 7.13. The van der Waals surface area contributed by atoms with Crippen molar-refractivity contribution in [2.45, 2.75) is 58.2 Å². The lowest BCUT2D eigenvalue weighted by Crippen LogP contribution is -2.48. The minimum absolute atomic E-state index is 0.0156. The monoisotopic (exact) mass is 606 g/mol. The van der Waals surface area contributed by atoms with Crippen molar-refractivity contribution < 1.29 is 54.9 Å². The molecular formula is C28H32F6N2O6. The molecule has 2 aromatic rings. The lowest BCUT2D eigenvalue weighted by molar-refractivity contribution is -0.143. The Balaban J connectivity index is 2.18. The van der Waals surface area contributed by atoms with E-state index in [2.05, 4.69) is 0 Å². The first-order valence-corrected chi connectivity index (χ1v) is 12.9. The highest BCUT2D eigenvalue weighted by Gasteiger charge is 2.42. The number of nitrogens with zero attached hydrogens (tertiary/aromatic N) is 2. The van der Waals surface area contributed by atoms with Crippen LogP contribution < -0.4 is 14.4 Å². The number of carbonyl (C=O) groups is 2. The summed E-state index contributed by atoms with van der Waals surface area (Å²) in [5, 5.41) is 0. The highest BCUT2D eigenvalue weighted by Crippen LogP contribution is 2.47. The lowest BCUT2D eigenvalue weighted by Gasteiger charge is -2.42. The summed E-state index contributed by atoms with van der Waals surface area (Å²) in [6.45, 7) is 4.85. The maximum atomic E-state index is 13.5. The molecule has 0 spiro atoms. The molecular weight excluding hydrogens is 574 g/mol. The molecule has 42 heavy (non-hydrogen) atoms. The Morgan fingerprint density at radius 1 is 0.929 bits per heavy atom. The maximum absolute atomic E-state index is 13.5. The molecule has 0 aromatic heterocycles. The molecule has 0 bridgehead atoms. The molecule has 0 radical (unpaired) electrons. The van der Waals surface area contributed by atoms with Crippen molar-refractivity contribution in [2.24, 2.45) is 5.92 Å². The number of rotatable bonds is 7. The van der Waals surface area contributed by atoms with Crippen LogP contribution >= 0.6 is 0 Å². The SMILES string of the molecule is COC(=O)N(Cc1cc(C(F)(F)F)cc(C(F)(F)F)c1)[C@H]1C[C@@H](C)N(C(=O)OCC(C)C)c2cc(OC)c(OC)cc21. The van der Waals surface area contributed by atoms with Gasteiger partial charge < -0.3 is 18.9 Å². The van der Waals surface area contributed by atoms with E-state index in [1.165, 1.54) is 31.3 Å². The first-order chi connectivity index (χ1) is 19.5. The third-order valence-corrected chi connectivity index (χ3v) is 6.68. The number of halogens is 6. The van der Waals surface area contributed by atoms with E-state index in [9.17, 15) is 35.9 Å². The number of fused-ring (bicyclic) bond motifs is 1. The molecule has 8 nitrogen and oxygen atoms in total. The Morgan fingerprint density at radius 2 is 1.48 bits per heavy atom. The van der Waals surface area contributed by atoms with Crippen LogP contribution in [0.2, 0.25) is 0 Å². The van der Waals surface area contributed by atoms with Crippen molar-refractivity contribution in [3.63, 3.8) is 0 Å². The van der Waals surface area contributed by atoms with Gasteiger partial charge in [-0.3, -0.25) is 9.80 Å². The fourth-order valence-corrected chi connectivity index (χ4v) is 4.76. The Kier molecular flexibility index (Phi) is 9.78. The van der Waals surface area contributed by atoms with Gasteiger partial charge in [-0.25, -0.2) is 9.59 Å². The Bertz CT molecular complexity index is 1260. The average Bonchev–Trinajstić information content (AvgIpc) is 2.91. The van der Waals surface area contributed by atoms with Gasteiger partial charge in [0, 0.05) is 24.2 Å². The molecule has 2 aromatic carbocycles. The second-order valence-corrected chi connectivity index (χ2v) is 10.2. The Labute approximate surface area is 239 Å². The predicted molar refractivity (Wildman–Crippen MR) is 139 cm³/mol. The Morgan fingerprint density at radius 3 is 1.95 bits per heavy atom. The quantitative estimate of drug-likeness (QED) is 0.305. The molecule has 0 N–H and O–H groups in total. The zero-order valence-corrected chi connectivity index (χ0v) is 23.9. The minimum Gasteiger partial charge on any atom is -0.493 e.